The van der Waals surface area contributed by atoms with Crippen molar-refractivity contribution < 1.29 is 4.79 Å². The average Bonchev–Trinajstić information content (AvgIpc) is 3.41. The van der Waals surface area contributed by atoms with Crippen LogP contribution in [0.4, 0.5) is 0 Å². The van der Waals surface area contributed by atoms with E-state index in [9.17, 15) is 4.79 Å². The van der Waals surface area contributed by atoms with Crippen LogP contribution in [-0.4, -0.2) is 38.1 Å². The first kappa shape index (κ1) is 24.2. The van der Waals surface area contributed by atoms with Crippen LogP contribution in [0, 0.1) is 0 Å². The molecular formula is C22H36N6O. The molecule has 1 amide bonds. The van der Waals surface area contributed by atoms with Gasteiger partial charge in [-0.25, -0.2) is 4.98 Å². The van der Waals surface area contributed by atoms with E-state index in [1.54, 1.807) is 6.33 Å². The molecule has 3 aromatic heterocycles. The van der Waals surface area contributed by atoms with Gasteiger partial charge in [0.15, 0.2) is 0 Å². The highest BCUT2D eigenvalue weighted by molar-refractivity contribution is 5.72. The van der Waals surface area contributed by atoms with Crippen LogP contribution in [0.25, 0.3) is 0 Å². The molecule has 0 aliphatic heterocycles. The largest absolute Gasteiger partial charge is 0.365 e. The second-order valence-corrected chi connectivity index (χ2v) is 6.93. The zero-order valence-electron chi connectivity index (χ0n) is 18.2. The Labute approximate surface area is 174 Å². The number of hydrogen-bond donors (Lipinski definition) is 3. The number of aromatic amines is 1. The number of hydrogen-bond acceptors (Lipinski definition) is 3. The summed E-state index contributed by atoms with van der Waals surface area (Å²) in [6.45, 7) is 5.10. The summed E-state index contributed by atoms with van der Waals surface area (Å²) in [6, 6.07) is 6.18. The molecule has 0 aromatic carbocycles. The highest BCUT2D eigenvalue weighted by Gasteiger charge is 1.96. The Morgan fingerprint density at radius 1 is 1.17 bits per heavy atom. The minimum absolute atomic E-state index is 0.00549. The quantitative estimate of drug-likeness (QED) is 0.569. The van der Waals surface area contributed by atoms with E-state index in [-0.39, 0.29) is 5.91 Å². The van der Waals surface area contributed by atoms with Crippen LogP contribution >= 0.6 is 0 Å². The van der Waals surface area contributed by atoms with Crippen molar-refractivity contribution in [2.75, 3.05) is 13.1 Å². The third-order valence-corrected chi connectivity index (χ3v) is 4.02. The summed E-state index contributed by atoms with van der Waals surface area (Å²) in [5.74, 6) is 0.00549. The Morgan fingerprint density at radius 2 is 1.97 bits per heavy atom. The maximum atomic E-state index is 10.5. The fourth-order valence-electron chi connectivity index (χ4n) is 2.64. The third-order valence-electron chi connectivity index (χ3n) is 4.02. The molecule has 0 aliphatic rings. The van der Waals surface area contributed by atoms with Crippen LogP contribution in [0.1, 0.15) is 37.2 Å². The maximum Gasteiger partial charge on any atom is 0.216 e. The van der Waals surface area contributed by atoms with Gasteiger partial charge in [-0.2, -0.15) is 0 Å². The number of aryl methyl sites for hydroxylation is 3. The summed E-state index contributed by atoms with van der Waals surface area (Å²) in [5.41, 5.74) is 8.97. The van der Waals surface area contributed by atoms with E-state index < -0.39 is 0 Å². The van der Waals surface area contributed by atoms with Crippen molar-refractivity contribution in [1.82, 2.24) is 24.4 Å². The number of nitrogens with one attached hydrogen (secondary N) is 2. The van der Waals surface area contributed by atoms with Gasteiger partial charge in [0.1, 0.15) is 0 Å². The standard InChI is InChI=1S/C8H13N3O.C8H13N.C6H10N2/c1-7(12)9-4-3-8-5-11(2)6-10-8;1-3-4-8-5-6-9(2)7-8;7-4-3-6-2-1-5-8-6/h5-6H,3-4H2,1-2H3,(H,9,12);5-7H,3-4H2,1-2H3;1-2,5,8H,3-4,7H2. The van der Waals surface area contributed by atoms with Crippen molar-refractivity contribution in [1.29, 1.82) is 0 Å². The van der Waals surface area contributed by atoms with Crippen molar-refractivity contribution in [3.05, 3.63) is 66.3 Å². The number of carbonyl (C=O) groups excluding carboxylic acids is 1. The molecule has 0 saturated carbocycles. The Balaban J connectivity index is 0.000000223. The Bertz CT molecular complexity index is 788. The molecule has 0 fully saturated rings. The van der Waals surface area contributed by atoms with Gasteiger partial charge in [0, 0.05) is 64.5 Å². The summed E-state index contributed by atoms with van der Waals surface area (Å²) in [4.78, 5) is 17.7. The van der Waals surface area contributed by atoms with Crippen molar-refractivity contribution in [3.8, 4) is 0 Å². The lowest BCUT2D eigenvalue weighted by molar-refractivity contribution is -0.118. The number of nitrogens with two attached hydrogens (primary N) is 1. The first-order valence-electron chi connectivity index (χ1n) is 10.1. The van der Waals surface area contributed by atoms with Crippen LogP contribution in [0.15, 0.2) is 49.3 Å². The molecule has 0 saturated heterocycles. The first-order valence-corrected chi connectivity index (χ1v) is 10.1. The van der Waals surface area contributed by atoms with Gasteiger partial charge >= 0.3 is 0 Å². The molecule has 29 heavy (non-hydrogen) atoms. The van der Waals surface area contributed by atoms with E-state index >= 15 is 0 Å². The SMILES string of the molecule is CC(=O)NCCc1cn(C)cn1.CCCc1ccn(C)c1.NCCc1ccc[nH]1. The number of aromatic nitrogens is 4. The van der Waals surface area contributed by atoms with E-state index in [1.807, 2.05) is 36.1 Å². The average molecular weight is 401 g/mol. The van der Waals surface area contributed by atoms with E-state index in [2.05, 4.69) is 52.3 Å². The van der Waals surface area contributed by atoms with Crippen LogP contribution in [-0.2, 0) is 38.2 Å². The minimum Gasteiger partial charge on any atom is -0.365 e. The summed E-state index contributed by atoms with van der Waals surface area (Å²) in [7, 11) is 3.98. The third kappa shape index (κ3) is 11.6. The normalized spacial score (nSPS) is 9.83. The molecule has 3 rings (SSSR count). The van der Waals surface area contributed by atoms with Crippen molar-refractivity contribution in [3.63, 3.8) is 0 Å². The predicted molar refractivity (Wildman–Crippen MR) is 119 cm³/mol. The van der Waals surface area contributed by atoms with E-state index in [4.69, 9.17) is 5.73 Å². The van der Waals surface area contributed by atoms with Crippen LogP contribution in [0.3, 0.4) is 0 Å². The molecule has 0 atom stereocenters. The van der Waals surface area contributed by atoms with E-state index in [1.165, 1.54) is 31.0 Å². The molecule has 3 heterocycles. The summed E-state index contributed by atoms with van der Waals surface area (Å²) < 4.78 is 3.98. The van der Waals surface area contributed by atoms with Crippen LogP contribution in [0.2, 0.25) is 0 Å². The van der Waals surface area contributed by atoms with Gasteiger partial charge in [0.05, 0.1) is 12.0 Å². The van der Waals surface area contributed by atoms with Gasteiger partial charge in [-0.1, -0.05) is 13.3 Å². The fraction of sp³-hybridized carbons (Fsp3) is 0.455. The highest BCUT2D eigenvalue weighted by Crippen LogP contribution is 2.01. The van der Waals surface area contributed by atoms with Gasteiger partial charge in [0.25, 0.3) is 0 Å². The molecule has 0 aliphatic carbocycles. The second-order valence-electron chi connectivity index (χ2n) is 6.93. The molecule has 0 bridgehead atoms. The predicted octanol–water partition coefficient (Wildman–Crippen LogP) is 2.59. The van der Waals surface area contributed by atoms with Crippen LogP contribution < -0.4 is 11.1 Å². The van der Waals surface area contributed by atoms with Crippen molar-refractivity contribution >= 4 is 5.91 Å². The molecule has 7 heteroatoms. The molecule has 3 aromatic rings. The number of carbonyl (C=O) groups is 1. The number of imidazole rings is 1. The van der Waals surface area contributed by atoms with Gasteiger partial charge in [0.2, 0.25) is 5.91 Å². The summed E-state index contributed by atoms with van der Waals surface area (Å²) >= 11 is 0. The smallest absolute Gasteiger partial charge is 0.216 e. The van der Waals surface area contributed by atoms with Crippen molar-refractivity contribution in [2.24, 2.45) is 19.8 Å². The first-order chi connectivity index (χ1) is 13.9. The number of H-pyrrole nitrogens is 1. The van der Waals surface area contributed by atoms with Gasteiger partial charge in [-0.05, 0) is 43.1 Å². The van der Waals surface area contributed by atoms with E-state index in [0.717, 1.165) is 25.1 Å². The lowest BCUT2D eigenvalue weighted by atomic mass is 10.2. The lowest BCUT2D eigenvalue weighted by Gasteiger charge is -1.97. The second kappa shape index (κ2) is 14.2. The van der Waals surface area contributed by atoms with E-state index in [0.29, 0.717) is 6.54 Å². The Morgan fingerprint density at radius 3 is 2.45 bits per heavy atom. The topological polar surface area (TPSA) is 93.7 Å². The Kier molecular flexibility index (Phi) is 11.9. The highest BCUT2D eigenvalue weighted by atomic mass is 16.1. The summed E-state index contributed by atoms with van der Waals surface area (Å²) in [5, 5.41) is 2.72. The monoisotopic (exact) mass is 400 g/mol. The van der Waals surface area contributed by atoms with Crippen LogP contribution in [0.5, 0.6) is 0 Å². The molecule has 0 spiro atoms. The zero-order chi connectivity index (χ0) is 21.5. The lowest BCUT2D eigenvalue weighted by Crippen LogP contribution is -2.22. The van der Waals surface area contributed by atoms with Gasteiger partial charge in [-0.3, -0.25) is 4.79 Å². The number of rotatable bonds is 7. The Hall–Kier alpha value is -2.80. The van der Waals surface area contributed by atoms with Gasteiger partial charge in [-0.15, -0.1) is 0 Å². The van der Waals surface area contributed by atoms with Gasteiger partial charge < -0.3 is 25.2 Å². The molecule has 160 valence electrons. The fourth-order valence-corrected chi connectivity index (χ4v) is 2.64. The molecular weight excluding hydrogens is 364 g/mol. The maximum absolute atomic E-state index is 10.5. The van der Waals surface area contributed by atoms with Crippen molar-refractivity contribution in [2.45, 2.75) is 39.5 Å². The molecule has 0 unspecified atom stereocenters. The summed E-state index contributed by atoms with van der Waals surface area (Å²) in [6.07, 6.45) is 14.1. The zero-order valence-corrected chi connectivity index (χ0v) is 18.2. The molecule has 7 nitrogen and oxygen atoms in total. The molecule has 4 N–H and O–H groups in total. The minimum atomic E-state index is 0.00549. The number of nitrogens with zero attached hydrogens (tertiary/aromatic N) is 3. The number of amides is 1. The molecule has 0 radical (unpaired) electrons.